The fraction of sp³-hybridized carbons (Fsp3) is 0. The van der Waals surface area contributed by atoms with Gasteiger partial charge in [0.25, 0.3) is 0 Å². The van der Waals surface area contributed by atoms with E-state index in [0.717, 1.165) is 30.5 Å². The van der Waals surface area contributed by atoms with Crippen LogP contribution in [0.3, 0.4) is 0 Å². The van der Waals surface area contributed by atoms with Crippen LogP contribution in [0.5, 0.6) is 0 Å². The van der Waals surface area contributed by atoms with Crippen molar-refractivity contribution in [3.63, 3.8) is 0 Å². The van der Waals surface area contributed by atoms with Gasteiger partial charge in [0.2, 0.25) is 0 Å². The summed E-state index contributed by atoms with van der Waals surface area (Å²) in [5.41, 5.74) is 0.657. The molecule has 0 aliphatic carbocycles. The number of aromatic carboxylic acids is 2. The van der Waals surface area contributed by atoms with Crippen LogP contribution in [0.15, 0.2) is 81.7 Å². The first kappa shape index (κ1) is 23.2. The van der Waals surface area contributed by atoms with Gasteiger partial charge in [-0.05, 0) is 35.0 Å². The molecule has 0 aromatic heterocycles. The van der Waals surface area contributed by atoms with Gasteiger partial charge in [-0.3, -0.25) is 0 Å². The van der Waals surface area contributed by atoms with Gasteiger partial charge in [-0.2, -0.15) is 0 Å². The maximum atomic E-state index is 10.9. The predicted molar refractivity (Wildman–Crippen MR) is 117 cm³/mol. The van der Waals surface area contributed by atoms with Crippen LogP contribution >= 0.6 is 31.9 Å². The van der Waals surface area contributed by atoms with E-state index in [0.29, 0.717) is 11.1 Å². The van der Waals surface area contributed by atoms with Gasteiger partial charge in [0, 0.05) is 39.2 Å². The minimum absolute atomic E-state index is 0. The van der Waals surface area contributed by atoms with Crippen LogP contribution in [-0.4, -0.2) is 22.2 Å². The van der Waals surface area contributed by atoms with Crippen molar-refractivity contribution in [1.82, 2.24) is 0 Å². The van der Waals surface area contributed by atoms with Crippen molar-refractivity contribution in [2.75, 3.05) is 0 Å². The summed E-state index contributed by atoms with van der Waals surface area (Å²) in [4.78, 5) is 21.9. The van der Waals surface area contributed by atoms with Crippen molar-refractivity contribution in [1.29, 1.82) is 0 Å². The Bertz CT molecular complexity index is 1100. The molecule has 0 amide bonds. The average Bonchev–Trinajstić information content (AvgIpc) is 2.68. The first-order valence-corrected chi connectivity index (χ1v) is 9.80. The van der Waals surface area contributed by atoms with Crippen molar-refractivity contribution < 1.29 is 39.3 Å². The number of carbonyl (C=O) groups is 2. The Kier molecular flexibility index (Phi) is 8.08. The molecule has 0 unspecified atom stereocenters. The van der Waals surface area contributed by atoms with Gasteiger partial charge in [0.1, 0.15) is 0 Å². The summed E-state index contributed by atoms with van der Waals surface area (Å²) < 4.78 is 1.63. The second-order valence-electron chi connectivity index (χ2n) is 5.90. The van der Waals surface area contributed by atoms with E-state index in [2.05, 4.69) is 31.9 Å². The van der Waals surface area contributed by atoms with Gasteiger partial charge in [-0.25, -0.2) is 9.59 Å². The zero-order valence-corrected chi connectivity index (χ0v) is 21.2. The molecule has 2 N–H and O–H groups in total. The second kappa shape index (κ2) is 10.1. The smallest absolute Gasteiger partial charge is 0.336 e. The topological polar surface area (TPSA) is 74.6 Å². The molecule has 0 aliphatic rings. The minimum Gasteiger partial charge on any atom is -0.478 e. The van der Waals surface area contributed by atoms with Gasteiger partial charge in [0.05, 0.1) is 11.1 Å². The molecule has 4 rings (SSSR count). The van der Waals surface area contributed by atoms with Crippen molar-refractivity contribution in [2.45, 2.75) is 0 Å². The van der Waals surface area contributed by atoms with E-state index in [-0.39, 0.29) is 19.5 Å². The van der Waals surface area contributed by atoms with Gasteiger partial charge >= 0.3 is 11.9 Å². The molecule has 0 saturated carbocycles. The molecular formula is C22H14Br2O4Zn. The molecule has 7 heteroatoms. The molecule has 0 fully saturated rings. The molecule has 0 heterocycles. The number of halogens is 2. The van der Waals surface area contributed by atoms with Crippen molar-refractivity contribution >= 4 is 65.3 Å². The largest absolute Gasteiger partial charge is 0.478 e. The summed E-state index contributed by atoms with van der Waals surface area (Å²) in [5, 5.41) is 21.3. The number of hydrogen-bond donors (Lipinski definition) is 2. The van der Waals surface area contributed by atoms with Crippen molar-refractivity contribution in [3.8, 4) is 0 Å². The molecule has 0 aliphatic heterocycles. The quantitative estimate of drug-likeness (QED) is 0.268. The van der Waals surface area contributed by atoms with Gasteiger partial charge < -0.3 is 10.2 Å². The molecule has 0 saturated heterocycles. The summed E-state index contributed by atoms with van der Waals surface area (Å²) >= 11 is 6.71. The summed E-state index contributed by atoms with van der Waals surface area (Å²) in [6.45, 7) is 0. The van der Waals surface area contributed by atoms with Crippen LogP contribution in [0.25, 0.3) is 21.5 Å². The van der Waals surface area contributed by atoms with E-state index < -0.39 is 11.9 Å². The van der Waals surface area contributed by atoms with E-state index in [9.17, 15) is 9.59 Å². The molecule has 4 aromatic carbocycles. The molecule has 0 bridgehead atoms. The number of carboxylic acids is 2. The standard InChI is InChI=1S/2C11H7BrO2.Zn/c2*12-9-6-2-4-7-3-1-5-8(10(7)9)11(13)14;/h2*1-6H,(H,13,14);. The number of hydrogen-bond acceptors (Lipinski definition) is 2. The molecular weight excluding hydrogens is 553 g/mol. The van der Waals surface area contributed by atoms with Crippen LogP contribution in [0, 0.1) is 0 Å². The Hall–Kier alpha value is -2.08. The third kappa shape index (κ3) is 5.10. The summed E-state index contributed by atoms with van der Waals surface area (Å²) in [6, 6.07) is 21.7. The first-order valence-electron chi connectivity index (χ1n) is 8.21. The molecule has 0 spiro atoms. The Morgan fingerprint density at radius 1 is 0.586 bits per heavy atom. The number of fused-ring (bicyclic) bond motifs is 2. The van der Waals surface area contributed by atoms with E-state index in [1.54, 1.807) is 24.3 Å². The Labute approximate surface area is 196 Å². The number of carboxylic acid groups (broad SMARTS) is 2. The molecule has 4 nitrogen and oxygen atoms in total. The van der Waals surface area contributed by atoms with E-state index >= 15 is 0 Å². The first-order chi connectivity index (χ1) is 13.4. The van der Waals surface area contributed by atoms with Crippen LogP contribution in [0.4, 0.5) is 0 Å². The Balaban J connectivity index is 0.000000200. The fourth-order valence-corrected chi connectivity index (χ4v) is 4.14. The second-order valence-corrected chi connectivity index (χ2v) is 7.61. The maximum absolute atomic E-state index is 10.9. The maximum Gasteiger partial charge on any atom is 0.336 e. The van der Waals surface area contributed by atoms with E-state index in [4.69, 9.17) is 10.2 Å². The van der Waals surface area contributed by atoms with Crippen LogP contribution in [0.1, 0.15) is 20.7 Å². The molecule has 4 aromatic rings. The average molecular weight is 568 g/mol. The molecule has 142 valence electrons. The van der Waals surface area contributed by atoms with Crippen molar-refractivity contribution in [3.05, 3.63) is 92.9 Å². The summed E-state index contributed by atoms with van der Waals surface area (Å²) in [7, 11) is 0. The van der Waals surface area contributed by atoms with Gasteiger partial charge in [-0.1, -0.05) is 80.4 Å². The summed E-state index contributed by atoms with van der Waals surface area (Å²) in [6.07, 6.45) is 0. The Morgan fingerprint density at radius 2 is 0.897 bits per heavy atom. The van der Waals surface area contributed by atoms with Crippen LogP contribution in [-0.2, 0) is 19.5 Å². The van der Waals surface area contributed by atoms with E-state index in [1.807, 2.05) is 48.5 Å². The molecule has 29 heavy (non-hydrogen) atoms. The Morgan fingerprint density at radius 3 is 1.21 bits per heavy atom. The molecule has 0 radical (unpaired) electrons. The number of rotatable bonds is 2. The summed E-state index contributed by atoms with van der Waals surface area (Å²) in [5.74, 6) is -1.80. The zero-order chi connectivity index (χ0) is 20.3. The monoisotopic (exact) mass is 564 g/mol. The van der Waals surface area contributed by atoms with E-state index in [1.165, 1.54) is 0 Å². The third-order valence-electron chi connectivity index (χ3n) is 4.17. The van der Waals surface area contributed by atoms with Crippen LogP contribution in [0.2, 0.25) is 0 Å². The van der Waals surface area contributed by atoms with Gasteiger partial charge in [0.15, 0.2) is 0 Å². The molecule has 0 atom stereocenters. The fourth-order valence-electron chi connectivity index (χ4n) is 2.95. The normalized spacial score (nSPS) is 10.0. The van der Waals surface area contributed by atoms with Gasteiger partial charge in [-0.15, -0.1) is 0 Å². The van der Waals surface area contributed by atoms with Crippen LogP contribution < -0.4 is 0 Å². The predicted octanol–water partition coefficient (Wildman–Crippen LogP) is 6.60. The SMILES string of the molecule is O=C(O)c1cccc2cccc(Br)c12.O=C(O)c1cccc2cccc(Br)c12.[Zn]. The third-order valence-corrected chi connectivity index (χ3v) is 5.49. The van der Waals surface area contributed by atoms with Crippen molar-refractivity contribution in [2.24, 2.45) is 0 Å². The minimum atomic E-state index is -0.900. The zero-order valence-electron chi connectivity index (χ0n) is 15.1. The number of benzene rings is 4.